The Hall–Kier alpha value is -5.93. The number of aromatic nitrogens is 1. The fraction of sp³-hybridized carbons (Fsp3) is 0.0238. The number of fused-ring (bicyclic) bond motifs is 5. The molecule has 2 aliphatic rings. The molecule has 0 radical (unpaired) electrons. The van der Waals surface area contributed by atoms with Crippen molar-refractivity contribution in [2.24, 2.45) is 0 Å². The summed E-state index contributed by atoms with van der Waals surface area (Å²) in [5, 5.41) is 0. The molecule has 2 heterocycles. The lowest BCUT2D eigenvalue weighted by Crippen LogP contribution is -2.28. The van der Waals surface area contributed by atoms with Crippen LogP contribution in [-0.4, -0.2) is 4.98 Å². The molecule has 0 spiro atoms. The highest BCUT2D eigenvalue weighted by molar-refractivity contribution is 5.89. The van der Waals surface area contributed by atoms with E-state index in [1.54, 1.807) is 6.20 Å². The Kier molecular flexibility index (Phi) is 5.72. The van der Waals surface area contributed by atoms with Gasteiger partial charge in [-0.25, -0.2) is 0 Å². The topological polar surface area (TPSA) is 31.4 Å². The summed E-state index contributed by atoms with van der Waals surface area (Å²) in [6, 6.07) is 53.3. The molecular formula is C42H27NO2. The van der Waals surface area contributed by atoms with Gasteiger partial charge in [0, 0.05) is 18.0 Å². The van der Waals surface area contributed by atoms with E-state index in [0.29, 0.717) is 23.0 Å². The SMILES string of the molecule is c1ccc(C2(c3ccccc3)c3ccccc3-c3cc4c(cc32)Oc2ccc(-c3ccccc3-c3cccnc3)cc2O4)cc1. The monoisotopic (exact) mass is 577 g/mol. The zero-order valence-electron chi connectivity index (χ0n) is 24.4. The molecule has 0 N–H and O–H groups in total. The van der Waals surface area contributed by atoms with Crippen LogP contribution in [0.1, 0.15) is 22.3 Å². The van der Waals surface area contributed by atoms with E-state index in [1.807, 2.05) is 18.3 Å². The summed E-state index contributed by atoms with van der Waals surface area (Å²) >= 11 is 0. The van der Waals surface area contributed by atoms with E-state index in [0.717, 1.165) is 27.8 Å². The Labute approximate surface area is 262 Å². The van der Waals surface area contributed by atoms with Crippen molar-refractivity contribution in [3.8, 4) is 56.4 Å². The molecule has 9 rings (SSSR count). The predicted octanol–water partition coefficient (Wildman–Crippen LogP) is 10.7. The highest BCUT2D eigenvalue weighted by atomic mass is 16.6. The molecule has 0 atom stereocenters. The number of rotatable bonds is 4. The second-order valence-corrected chi connectivity index (χ2v) is 11.5. The lowest BCUT2D eigenvalue weighted by molar-refractivity contribution is 0.359. The van der Waals surface area contributed by atoms with Gasteiger partial charge in [0.15, 0.2) is 23.0 Å². The highest BCUT2D eigenvalue weighted by Gasteiger charge is 2.47. The van der Waals surface area contributed by atoms with Crippen molar-refractivity contribution in [3.63, 3.8) is 0 Å². The van der Waals surface area contributed by atoms with Gasteiger partial charge in [-0.3, -0.25) is 4.98 Å². The molecule has 0 fully saturated rings. The molecule has 3 heteroatoms. The van der Waals surface area contributed by atoms with Gasteiger partial charge in [0.25, 0.3) is 0 Å². The van der Waals surface area contributed by atoms with Crippen molar-refractivity contribution >= 4 is 0 Å². The largest absolute Gasteiger partial charge is 0.450 e. The van der Waals surface area contributed by atoms with Gasteiger partial charge in [0.05, 0.1) is 5.41 Å². The van der Waals surface area contributed by atoms with Crippen molar-refractivity contribution in [1.82, 2.24) is 4.98 Å². The maximum atomic E-state index is 6.67. The number of benzene rings is 6. The lowest BCUT2D eigenvalue weighted by Gasteiger charge is -2.34. The zero-order chi connectivity index (χ0) is 29.8. The van der Waals surface area contributed by atoms with Crippen LogP contribution >= 0.6 is 0 Å². The summed E-state index contributed by atoms with van der Waals surface area (Å²) in [5.41, 5.74) is 11.1. The van der Waals surface area contributed by atoms with Gasteiger partial charge in [0.1, 0.15) is 0 Å². The van der Waals surface area contributed by atoms with Crippen molar-refractivity contribution in [2.75, 3.05) is 0 Å². The Morgan fingerprint density at radius 2 is 1.00 bits per heavy atom. The summed E-state index contributed by atoms with van der Waals surface area (Å²) in [4.78, 5) is 4.34. The average Bonchev–Trinajstić information content (AvgIpc) is 3.40. The lowest BCUT2D eigenvalue weighted by atomic mass is 9.67. The summed E-state index contributed by atoms with van der Waals surface area (Å²) in [6.45, 7) is 0. The average molecular weight is 578 g/mol. The van der Waals surface area contributed by atoms with Crippen molar-refractivity contribution in [1.29, 1.82) is 0 Å². The van der Waals surface area contributed by atoms with E-state index >= 15 is 0 Å². The van der Waals surface area contributed by atoms with Crippen LogP contribution < -0.4 is 9.47 Å². The molecule has 1 aliphatic carbocycles. The third-order valence-corrected chi connectivity index (χ3v) is 9.12. The third kappa shape index (κ3) is 3.87. The maximum Gasteiger partial charge on any atom is 0.170 e. The van der Waals surface area contributed by atoms with E-state index in [-0.39, 0.29) is 0 Å². The molecule has 0 amide bonds. The Balaban J connectivity index is 1.20. The van der Waals surface area contributed by atoms with Gasteiger partial charge in [-0.15, -0.1) is 0 Å². The summed E-state index contributed by atoms with van der Waals surface area (Å²) in [7, 11) is 0. The molecule has 0 saturated carbocycles. The van der Waals surface area contributed by atoms with E-state index < -0.39 is 5.41 Å². The summed E-state index contributed by atoms with van der Waals surface area (Å²) in [5.74, 6) is 2.83. The van der Waals surface area contributed by atoms with Gasteiger partial charge in [-0.2, -0.15) is 0 Å². The molecule has 0 unspecified atom stereocenters. The Morgan fingerprint density at radius 1 is 0.400 bits per heavy atom. The van der Waals surface area contributed by atoms with Crippen molar-refractivity contribution in [3.05, 3.63) is 186 Å². The number of nitrogens with zero attached hydrogens (tertiary/aromatic N) is 1. The minimum absolute atomic E-state index is 0.493. The van der Waals surface area contributed by atoms with Crippen molar-refractivity contribution in [2.45, 2.75) is 5.41 Å². The van der Waals surface area contributed by atoms with Crippen LogP contribution in [0.25, 0.3) is 33.4 Å². The van der Waals surface area contributed by atoms with Gasteiger partial charge < -0.3 is 9.47 Å². The predicted molar refractivity (Wildman–Crippen MR) is 179 cm³/mol. The molecule has 0 saturated heterocycles. The zero-order valence-corrected chi connectivity index (χ0v) is 24.4. The number of pyridine rings is 1. The van der Waals surface area contributed by atoms with Gasteiger partial charge in [0.2, 0.25) is 0 Å². The van der Waals surface area contributed by atoms with Gasteiger partial charge >= 0.3 is 0 Å². The second kappa shape index (κ2) is 10.1. The Bertz CT molecular complexity index is 2170. The highest BCUT2D eigenvalue weighted by Crippen LogP contribution is 2.59. The van der Waals surface area contributed by atoms with Crippen LogP contribution in [-0.2, 0) is 5.41 Å². The number of ether oxygens (including phenoxy) is 2. The van der Waals surface area contributed by atoms with Crippen LogP contribution in [0.3, 0.4) is 0 Å². The normalized spacial score (nSPS) is 13.4. The van der Waals surface area contributed by atoms with E-state index in [1.165, 1.54) is 27.8 Å². The second-order valence-electron chi connectivity index (χ2n) is 11.5. The van der Waals surface area contributed by atoms with E-state index in [2.05, 4.69) is 145 Å². The van der Waals surface area contributed by atoms with Crippen LogP contribution in [0.15, 0.2) is 164 Å². The fourth-order valence-corrected chi connectivity index (χ4v) is 7.19. The molecule has 7 aromatic rings. The fourth-order valence-electron chi connectivity index (χ4n) is 7.19. The summed E-state index contributed by atoms with van der Waals surface area (Å²) < 4.78 is 13.3. The first-order valence-electron chi connectivity index (χ1n) is 15.2. The van der Waals surface area contributed by atoms with Gasteiger partial charge in [-0.05, 0) is 80.4 Å². The first kappa shape index (κ1) is 25.6. The standard InChI is InChI=1S/C42H27NO2/c1-3-13-30(14-4-1)42(31-15-5-2-6-16-31)36-20-10-9-19-34(36)35-25-40-41(26-37(35)42)44-38-22-21-28(24-39(38)45-40)32-17-7-8-18-33(32)29-12-11-23-43-27-29/h1-27H. The van der Waals surface area contributed by atoms with Gasteiger partial charge in [-0.1, -0.05) is 121 Å². The van der Waals surface area contributed by atoms with Crippen molar-refractivity contribution < 1.29 is 9.47 Å². The molecule has 6 aromatic carbocycles. The quantitative estimate of drug-likeness (QED) is 0.208. The molecule has 1 aliphatic heterocycles. The first-order valence-corrected chi connectivity index (χ1v) is 15.2. The third-order valence-electron chi connectivity index (χ3n) is 9.12. The molecule has 0 bridgehead atoms. The van der Waals surface area contributed by atoms with Crippen LogP contribution in [0.2, 0.25) is 0 Å². The molecule has 45 heavy (non-hydrogen) atoms. The van der Waals surface area contributed by atoms with Crippen LogP contribution in [0.4, 0.5) is 0 Å². The molecule has 212 valence electrons. The van der Waals surface area contributed by atoms with E-state index in [4.69, 9.17) is 9.47 Å². The molecule has 3 nitrogen and oxygen atoms in total. The minimum atomic E-state index is -0.493. The van der Waals surface area contributed by atoms with E-state index in [9.17, 15) is 0 Å². The maximum absolute atomic E-state index is 6.67. The smallest absolute Gasteiger partial charge is 0.170 e. The first-order chi connectivity index (χ1) is 22.3. The Morgan fingerprint density at radius 3 is 1.71 bits per heavy atom. The molecular weight excluding hydrogens is 550 g/mol. The molecule has 1 aromatic heterocycles. The number of hydrogen-bond acceptors (Lipinski definition) is 3. The summed E-state index contributed by atoms with van der Waals surface area (Å²) in [6.07, 6.45) is 3.70. The van der Waals surface area contributed by atoms with Crippen LogP contribution in [0, 0.1) is 0 Å². The minimum Gasteiger partial charge on any atom is -0.450 e. The number of hydrogen-bond donors (Lipinski definition) is 0. The van der Waals surface area contributed by atoms with Crippen LogP contribution in [0.5, 0.6) is 23.0 Å².